The van der Waals surface area contributed by atoms with Gasteiger partial charge < -0.3 is 14.3 Å². The summed E-state index contributed by atoms with van der Waals surface area (Å²) >= 11 is 0. The number of furan rings is 1. The second-order valence-corrected chi connectivity index (χ2v) is 13.6. The SMILES string of the molecule is CC1(C)c2ccccc2N2c3c(cccc31)[B]c1c(-c3cccc4c3[nH]c3cc5ccccc5cc34)cc3c(oc4ccccc43)c12. The first-order valence-corrected chi connectivity index (χ1v) is 16.4. The van der Waals surface area contributed by atoms with Crippen molar-refractivity contribution in [3.63, 3.8) is 0 Å². The fourth-order valence-corrected chi connectivity index (χ4v) is 8.57. The Morgan fingerprint density at radius 2 is 1.36 bits per heavy atom. The summed E-state index contributed by atoms with van der Waals surface area (Å²) < 4.78 is 6.83. The zero-order valence-electron chi connectivity index (χ0n) is 26.1. The van der Waals surface area contributed by atoms with E-state index in [9.17, 15) is 0 Å². The average molecular weight is 600 g/mol. The lowest BCUT2D eigenvalue weighted by molar-refractivity contribution is 0.631. The van der Waals surface area contributed by atoms with Crippen LogP contribution in [0.25, 0.3) is 65.6 Å². The number of benzene rings is 7. The summed E-state index contributed by atoms with van der Waals surface area (Å²) in [5.74, 6) is 0. The van der Waals surface area contributed by atoms with E-state index in [0.29, 0.717) is 0 Å². The number of hydrogen-bond acceptors (Lipinski definition) is 2. The zero-order chi connectivity index (χ0) is 31.0. The molecule has 0 amide bonds. The van der Waals surface area contributed by atoms with E-state index >= 15 is 0 Å². The average Bonchev–Trinajstić information content (AvgIpc) is 3.66. The van der Waals surface area contributed by atoms with Crippen LogP contribution in [-0.4, -0.2) is 12.3 Å². The number of nitrogens with zero attached hydrogens (tertiary/aromatic N) is 1. The van der Waals surface area contributed by atoms with Crippen molar-refractivity contribution < 1.29 is 4.42 Å². The maximum absolute atomic E-state index is 6.83. The topological polar surface area (TPSA) is 32.2 Å². The van der Waals surface area contributed by atoms with Crippen LogP contribution in [0.15, 0.2) is 132 Å². The van der Waals surface area contributed by atoms with Crippen molar-refractivity contribution in [2.45, 2.75) is 19.3 Å². The van der Waals surface area contributed by atoms with Gasteiger partial charge in [0.15, 0.2) is 12.9 Å². The Labute approximate surface area is 272 Å². The Balaban J connectivity index is 1.29. The lowest BCUT2D eigenvalue weighted by atomic mass is 9.55. The Morgan fingerprint density at radius 3 is 2.28 bits per heavy atom. The molecule has 4 heteroatoms. The number of anilines is 3. The van der Waals surface area contributed by atoms with Crippen LogP contribution >= 0.6 is 0 Å². The molecule has 1 radical (unpaired) electrons. The Hall–Kier alpha value is -5.74. The van der Waals surface area contributed by atoms with E-state index in [4.69, 9.17) is 4.42 Å². The van der Waals surface area contributed by atoms with Crippen LogP contribution in [0.4, 0.5) is 17.1 Å². The highest BCUT2D eigenvalue weighted by molar-refractivity contribution is 6.74. The Bertz CT molecular complexity index is 2820. The van der Waals surface area contributed by atoms with Gasteiger partial charge in [0.1, 0.15) is 5.58 Å². The lowest BCUT2D eigenvalue weighted by Gasteiger charge is -2.45. The quantitative estimate of drug-likeness (QED) is 0.191. The fourth-order valence-electron chi connectivity index (χ4n) is 8.57. The summed E-state index contributed by atoms with van der Waals surface area (Å²) in [7, 11) is 2.40. The van der Waals surface area contributed by atoms with Gasteiger partial charge in [0.05, 0.1) is 16.9 Å². The molecular weight excluding hydrogens is 571 g/mol. The first-order valence-electron chi connectivity index (χ1n) is 16.4. The molecule has 0 fully saturated rings. The lowest BCUT2D eigenvalue weighted by Crippen LogP contribution is -2.45. The second kappa shape index (κ2) is 8.74. The number of fused-ring (bicyclic) bond motifs is 12. The maximum atomic E-state index is 6.83. The van der Waals surface area contributed by atoms with Crippen LogP contribution in [0.1, 0.15) is 25.0 Å². The molecule has 0 unspecified atom stereocenters. The van der Waals surface area contributed by atoms with Gasteiger partial charge in [0.2, 0.25) is 0 Å². The highest BCUT2D eigenvalue weighted by Gasteiger charge is 2.42. The van der Waals surface area contributed by atoms with Crippen molar-refractivity contribution in [3.8, 4) is 11.1 Å². The smallest absolute Gasteiger partial charge is 0.198 e. The molecule has 0 saturated carbocycles. The van der Waals surface area contributed by atoms with Gasteiger partial charge in [-0.05, 0) is 63.3 Å². The van der Waals surface area contributed by atoms with Crippen LogP contribution in [0, 0.1) is 0 Å². The minimum absolute atomic E-state index is 0.145. The third-order valence-corrected chi connectivity index (χ3v) is 10.8. The zero-order valence-corrected chi connectivity index (χ0v) is 26.1. The first-order chi connectivity index (χ1) is 23.1. The summed E-state index contributed by atoms with van der Waals surface area (Å²) in [6.07, 6.45) is 0. The first kappa shape index (κ1) is 25.5. The Kier molecular flexibility index (Phi) is 4.74. The molecule has 1 N–H and O–H groups in total. The number of aromatic amines is 1. The predicted octanol–water partition coefficient (Wildman–Crippen LogP) is 10.1. The normalized spacial score (nSPS) is 14.5. The molecule has 7 aromatic carbocycles. The third-order valence-electron chi connectivity index (χ3n) is 10.8. The number of rotatable bonds is 1. The molecule has 3 nitrogen and oxygen atoms in total. The minimum Gasteiger partial charge on any atom is -0.454 e. The van der Waals surface area contributed by atoms with Crippen molar-refractivity contribution in [1.29, 1.82) is 0 Å². The van der Waals surface area contributed by atoms with Crippen LogP contribution in [0.3, 0.4) is 0 Å². The number of para-hydroxylation sites is 4. The standard InChI is InChI=1S/C43H28BN2O/c1-43(2)32-16-6-7-19-36(32)46-40-33(43)17-10-18-34(40)44-38-30(23-31-26-13-5-8-20-37(26)47-42(31)41(38)46)28-15-9-14-27-29-21-24-11-3-4-12-25(24)22-35(29)45-39(27)28/h3-23,45H,1-2H3. The molecule has 0 spiro atoms. The van der Waals surface area contributed by atoms with Gasteiger partial charge in [-0.3, -0.25) is 0 Å². The van der Waals surface area contributed by atoms with E-state index < -0.39 is 0 Å². The molecule has 9 aromatic rings. The summed E-state index contributed by atoms with van der Waals surface area (Å²) in [4.78, 5) is 6.36. The fraction of sp³-hybridized carbons (Fsp3) is 0.0698. The van der Waals surface area contributed by atoms with Crippen LogP contribution in [0.5, 0.6) is 0 Å². The van der Waals surface area contributed by atoms with Crippen molar-refractivity contribution in [2.75, 3.05) is 4.90 Å². The third kappa shape index (κ3) is 3.22. The highest BCUT2D eigenvalue weighted by atomic mass is 16.3. The maximum Gasteiger partial charge on any atom is 0.198 e. The summed E-state index contributed by atoms with van der Waals surface area (Å²) in [5, 5.41) is 7.23. The molecule has 2 aliphatic rings. The van der Waals surface area contributed by atoms with Crippen molar-refractivity contribution in [2.24, 2.45) is 0 Å². The van der Waals surface area contributed by atoms with Gasteiger partial charge in [-0.2, -0.15) is 0 Å². The summed E-state index contributed by atoms with van der Waals surface area (Å²) in [5.41, 5.74) is 15.0. The second-order valence-electron chi connectivity index (χ2n) is 13.6. The molecule has 11 rings (SSSR count). The number of nitrogens with one attached hydrogen (secondary N) is 1. The van der Waals surface area contributed by atoms with Gasteiger partial charge in [-0.1, -0.05) is 116 Å². The van der Waals surface area contributed by atoms with E-state index in [2.05, 4.69) is 158 Å². The van der Waals surface area contributed by atoms with Gasteiger partial charge in [0, 0.05) is 43.7 Å². The molecule has 0 bridgehead atoms. The van der Waals surface area contributed by atoms with Crippen molar-refractivity contribution in [3.05, 3.63) is 139 Å². The Morgan fingerprint density at radius 1 is 0.617 bits per heavy atom. The summed E-state index contributed by atoms with van der Waals surface area (Å²) in [6.45, 7) is 4.70. The van der Waals surface area contributed by atoms with E-state index in [1.54, 1.807) is 0 Å². The van der Waals surface area contributed by atoms with Crippen LogP contribution in [-0.2, 0) is 5.41 Å². The number of H-pyrrole nitrogens is 1. The van der Waals surface area contributed by atoms with E-state index in [-0.39, 0.29) is 5.41 Å². The predicted molar refractivity (Wildman–Crippen MR) is 198 cm³/mol. The van der Waals surface area contributed by atoms with E-state index in [0.717, 1.165) is 38.7 Å². The molecular formula is C43H28BN2O. The van der Waals surface area contributed by atoms with Crippen LogP contribution < -0.4 is 15.8 Å². The molecule has 0 aliphatic carbocycles. The minimum atomic E-state index is -0.145. The molecule has 0 saturated heterocycles. The largest absolute Gasteiger partial charge is 0.454 e. The summed E-state index contributed by atoms with van der Waals surface area (Å²) in [6, 6.07) is 46.4. The molecule has 4 heterocycles. The van der Waals surface area contributed by atoms with E-state index in [1.807, 2.05) is 0 Å². The van der Waals surface area contributed by atoms with Gasteiger partial charge in [-0.25, -0.2) is 0 Å². The van der Waals surface area contributed by atoms with E-state index in [1.165, 1.54) is 66.1 Å². The van der Waals surface area contributed by atoms with Gasteiger partial charge in [-0.15, -0.1) is 0 Å². The monoisotopic (exact) mass is 599 g/mol. The molecule has 2 aromatic heterocycles. The van der Waals surface area contributed by atoms with Crippen LogP contribution in [0.2, 0.25) is 0 Å². The van der Waals surface area contributed by atoms with Gasteiger partial charge in [0.25, 0.3) is 0 Å². The highest BCUT2D eigenvalue weighted by Crippen LogP contribution is 2.54. The molecule has 0 atom stereocenters. The van der Waals surface area contributed by atoms with Gasteiger partial charge >= 0.3 is 0 Å². The van der Waals surface area contributed by atoms with Crippen molar-refractivity contribution >= 4 is 89.8 Å². The number of hydrogen-bond donors (Lipinski definition) is 1. The molecule has 2 aliphatic heterocycles. The van der Waals surface area contributed by atoms with Crippen molar-refractivity contribution in [1.82, 2.24) is 4.98 Å². The number of aromatic nitrogens is 1. The molecule has 47 heavy (non-hydrogen) atoms. The molecule has 219 valence electrons.